The number of piperidine rings is 1. The van der Waals surface area contributed by atoms with E-state index in [1.807, 2.05) is 51.1 Å². The maximum atomic E-state index is 14.1. The lowest BCUT2D eigenvalue weighted by atomic mass is 9.72. The van der Waals surface area contributed by atoms with E-state index in [4.69, 9.17) is 4.74 Å². The number of aliphatic hydroxyl groups excluding tert-OH is 1. The molecule has 4 rings (SSSR count). The van der Waals surface area contributed by atoms with Gasteiger partial charge in [-0.25, -0.2) is 8.42 Å². The van der Waals surface area contributed by atoms with Crippen LogP contribution in [0.3, 0.4) is 0 Å². The Balaban J connectivity index is 1.58. The van der Waals surface area contributed by atoms with Crippen LogP contribution in [-0.4, -0.2) is 96.6 Å². The van der Waals surface area contributed by atoms with Crippen LogP contribution in [0.5, 0.6) is 5.75 Å². The maximum absolute atomic E-state index is 14.1. The minimum absolute atomic E-state index is 0.0761. The van der Waals surface area contributed by atoms with E-state index in [1.54, 1.807) is 30.3 Å². The number of likely N-dealkylation sites (tertiary alicyclic amines) is 1. The van der Waals surface area contributed by atoms with Crippen LogP contribution < -0.4 is 20.7 Å². The van der Waals surface area contributed by atoms with E-state index in [9.17, 15) is 27.9 Å². The first-order valence-electron chi connectivity index (χ1n) is 17.7. The minimum atomic E-state index is -3.87. The molecule has 2 aromatic rings. The summed E-state index contributed by atoms with van der Waals surface area (Å²) in [6, 6.07) is 15.3. The number of carbonyl (C=O) groups is 3. The summed E-state index contributed by atoms with van der Waals surface area (Å²) >= 11 is 0. The summed E-state index contributed by atoms with van der Waals surface area (Å²) in [6.07, 6.45) is 5.31. The smallest absolute Gasteiger partial charge is 0.258 e. The molecule has 1 saturated heterocycles. The van der Waals surface area contributed by atoms with Crippen LogP contribution in [0.25, 0.3) is 0 Å². The van der Waals surface area contributed by atoms with Crippen LogP contribution in [0.15, 0.2) is 60.7 Å². The first-order chi connectivity index (χ1) is 23.4. The van der Waals surface area contributed by atoms with Gasteiger partial charge in [-0.05, 0) is 83.4 Å². The highest BCUT2D eigenvalue weighted by atomic mass is 32.2. The fourth-order valence-corrected chi connectivity index (χ4v) is 7.64. The van der Waals surface area contributed by atoms with Crippen molar-refractivity contribution in [2.24, 2.45) is 11.8 Å². The zero-order valence-electron chi connectivity index (χ0n) is 30.4. The molecule has 2 aromatic carbocycles. The van der Waals surface area contributed by atoms with E-state index in [2.05, 4.69) is 20.9 Å². The molecule has 1 aliphatic carbocycles. The van der Waals surface area contributed by atoms with E-state index in [0.717, 1.165) is 37.5 Å². The van der Waals surface area contributed by atoms with E-state index in [1.165, 1.54) is 13.8 Å². The summed E-state index contributed by atoms with van der Waals surface area (Å²) in [5.74, 6) is -0.182. The van der Waals surface area contributed by atoms with Crippen molar-refractivity contribution < 1.29 is 32.6 Å². The van der Waals surface area contributed by atoms with Crippen LogP contribution in [0.4, 0.5) is 0 Å². The third kappa shape index (κ3) is 10.8. The third-order valence-electron chi connectivity index (χ3n) is 10.1. The van der Waals surface area contributed by atoms with Gasteiger partial charge in [-0.15, -0.1) is 0 Å². The Hall–Kier alpha value is -3.48. The first kappa shape index (κ1) is 39.3. The number of para-hydroxylation sites is 1. The van der Waals surface area contributed by atoms with Crippen LogP contribution in [0.1, 0.15) is 72.3 Å². The molecular formula is C38H56N4O7S. The van der Waals surface area contributed by atoms with E-state index in [-0.39, 0.29) is 18.9 Å². The van der Waals surface area contributed by atoms with Gasteiger partial charge in [-0.3, -0.25) is 19.3 Å². The second-order valence-electron chi connectivity index (χ2n) is 15.6. The number of fused-ring (bicyclic) bond motifs is 1. The minimum Gasteiger partial charge on any atom is -0.484 e. The molecule has 0 spiro atoms. The van der Waals surface area contributed by atoms with Gasteiger partial charge in [0.2, 0.25) is 11.8 Å². The maximum Gasteiger partial charge on any atom is 0.258 e. The number of rotatable bonds is 14. The Labute approximate surface area is 297 Å². The van der Waals surface area contributed by atoms with Gasteiger partial charge in [0.15, 0.2) is 16.4 Å². The Kier molecular flexibility index (Phi) is 13.1. The number of benzene rings is 2. The zero-order chi connectivity index (χ0) is 36.7. The molecule has 4 N–H and O–H groups in total. The largest absolute Gasteiger partial charge is 0.484 e. The van der Waals surface area contributed by atoms with Crippen LogP contribution >= 0.6 is 0 Å². The lowest BCUT2D eigenvalue weighted by Gasteiger charge is -2.47. The van der Waals surface area contributed by atoms with Crippen molar-refractivity contribution >= 4 is 27.6 Å². The number of hydrogen-bond acceptors (Lipinski definition) is 8. The lowest BCUT2D eigenvalue weighted by Crippen LogP contribution is -2.64. The van der Waals surface area contributed by atoms with E-state index >= 15 is 0 Å². The number of ether oxygens (including phenoxy) is 1. The molecule has 50 heavy (non-hydrogen) atoms. The fraction of sp³-hybridized carbons (Fsp3) is 0.605. The molecule has 0 aromatic heterocycles. The first-order valence-corrected chi connectivity index (χ1v) is 19.6. The summed E-state index contributed by atoms with van der Waals surface area (Å²) in [5.41, 5.74) is 0.427. The topological polar surface area (TPSA) is 154 Å². The van der Waals surface area contributed by atoms with Gasteiger partial charge in [-0.2, -0.15) is 0 Å². The fourth-order valence-electron chi connectivity index (χ4n) is 7.05. The Morgan fingerprint density at radius 3 is 2.12 bits per heavy atom. The average Bonchev–Trinajstić information content (AvgIpc) is 3.05. The standard InChI is InChI=1S/C38H56N4O7S/c1-37(2,3)41-35(45)31-22-27-17-13-14-18-28(27)23-42(31)24-32(43)30(21-26-15-9-7-10-16-26)39-36(46)34(38(4,5)50(6,47)48)40-33(44)25-49-29-19-11-8-12-20-29/h7-12,15-16,19-20,27-28,30-32,34,43H,13-14,17-18,21-25H2,1-6H3,(H,39,46)(H,40,44)(H,41,45)/t27-,28+,30?,31?,32?,34+/m0/s1. The van der Waals surface area contributed by atoms with Crippen molar-refractivity contribution in [2.45, 2.75) is 108 Å². The Morgan fingerprint density at radius 1 is 0.920 bits per heavy atom. The number of β-amino-alcohol motifs (C(OH)–C–C–N with tert-alkyl or cyclic N) is 1. The molecule has 1 heterocycles. The highest BCUT2D eigenvalue weighted by molar-refractivity contribution is 7.92. The molecule has 11 nitrogen and oxygen atoms in total. The van der Waals surface area contributed by atoms with Crippen molar-refractivity contribution in [3.05, 3.63) is 66.2 Å². The molecular weight excluding hydrogens is 657 g/mol. The Bertz CT molecular complexity index is 1550. The molecule has 276 valence electrons. The highest BCUT2D eigenvalue weighted by Crippen LogP contribution is 2.39. The molecule has 2 aliphatic rings. The molecule has 1 aliphatic heterocycles. The summed E-state index contributed by atoms with van der Waals surface area (Å²) in [6.45, 7) is 8.98. The molecule has 3 unspecified atom stereocenters. The predicted molar refractivity (Wildman–Crippen MR) is 194 cm³/mol. The van der Waals surface area contributed by atoms with Crippen molar-refractivity contribution in [3.8, 4) is 5.75 Å². The summed E-state index contributed by atoms with van der Waals surface area (Å²) in [7, 11) is -3.87. The van der Waals surface area contributed by atoms with Gasteiger partial charge < -0.3 is 25.8 Å². The summed E-state index contributed by atoms with van der Waals surface area (Å²) in [4.78, 5) is 42.9. The lowest BCUT2D eigenvalue weighted by molar-refractivity contribution is -0.133. The second-order valence-corrected chi connectivity index (χ2v) is 18.2. The van der Waals surface area contributed by atoms with Crippen molar-refractivity contribution in [2.75, 3.05) is 26.0 Å². The number of aliphatic hydroxyl groups is 1. The monoisotopic (exact) mass is 712 g/mol. The number of amides is 3. The predicted octanol–water partition coefficient (Wildman–Crippen LogP) is 3.26. The molecule has 0 radical (unpaired) electrons. The van der Waals surface area contributed by atoms with Gasteiger partial charge in [-0.1, -0.05) is 67.8 Å². The number of nitrogens with one attached hydrogen (secondary N) is 3. The normalized spacial score (nSPS) is 21.9. The molecule has 0 bridgehead atoms. The van der Waals surface area contributed by atoms with Crippen LogP contribution in [-0.2, 0) is 30.6 Å². The van der Waals surface area contributed by atoms with Crippen molar-refractivity contribution in [1.82, 2.24) is 20.9 Å². The number of hydrogen-bond donors (Lipinski definition) is 4. The molecule has 2 fully saturated rings. The number of sulfone groups is 1. The van der Waals surface area contributed by atoms with Gasteiger partial charge in [0.05, 0.1) is 22.9 Å². The summed E-state index contributed by atoms with van der Waals surface area (Å²) < 4.78 is 29.8. The quantitative estimate of drug-likeness (QED) is 0.233. The van der Waals surface area contributed by atoms with Crippen LogP contribution in [0.2, 0.25) is 0 Å². The van der Waals surface area contributed by atoms with Crippen molar-refractivity contribution in [1.29, 1.82) is 0 Å². The average molecular weight is 713 g/mol. The number of nitrogens with zero attached hydrogens (tertiary/aromatic N) is 1. The van der Waals surface area contributed by atoms with E-state index in [0.29, 0.717) is 30.6 Å². The van der Waals surface area contributed by atoms with Crippen molar-refractivity contribution in [3.63, 3.8) is 0 Å². The third-order valence-corrected chi connectivity index (χ3v) is 12.3. The molecule has 6 atom stereocenters. The van der Waals surface area contributed by atoms with Gasteiger partial charge in [0.25, 0.3) is 5.91 Å². The van der Waals surface area contributed by atoms with Crippen LogP contribution in [0, 0.1) is 11.8 Å². The highest BCUT2D eigenvalue weighted by Gasteiger charge is 2.46. The summed E-state index contributed by atoms with van der Waals surface area (Å²) in [5, 5.41) is 20.6. The second kappa shape index (κ2) is 16.7. The number of carbonyl (C=O) groups excluding carboxylic acids is 3. The molecule has 3 amide bonds. The van der Waals surface area contributed by atoms with Gasteiger partial charge in [0.1, 0.15) is 11.8 Å². The molecule has 12 heteroatoms. The van der Waals surface area contributed by atoms with Gasteiger partial charge in [0, 0.05) is 24.9 Å². The SMILES string of the molecule is CC(C)(C)NC(=O)C1C[C@@H]2CCCC[C@@H]2CN1CC(O)C(Cc1ccccc1)NC(=O)[C@@H](NC(=O)COc1ccccc1)C(C)(C)S(C)(=O)=O. The van der Waals surface area contributed by atoms with Gasteiger partial charge >= 0.3 is 0 Å². The zero-order valence-corrected chi connectivity index (χ0v) is 31.2. The molecule has 1 saturated carbocycles. The Morgan fingerprint density at radius 2 is 1.52 bits per heavy atom. The van der Waals surface area contributed by atoms with E-state index < -0.39 is 62.8 Å².